The van der Waals surface area contributed by atoms with Crippen molar-refractivity contribution in [2.24, 2.45) is 0 Å². The van der Waals surface area contributed by atoms with Gasteiger partial charge in [0.2, 0.25) is 11.7 Å². The molecule has 1 aliphatic heterocycles. The number of hydrogen-bond donors (Lipinski definition) is 0. The van der Waals surface area contributed by atoms with Crippen LogP contribution in [0.4, 0.5) is 0 Å². The van der Waals surface area contributed by atoms with Crippen LogP contribution in [0.25, 0.3) is 22.2 Å². The van der Waals surface area contributed by atoms with Gasteiger partial charge in [-0.1, -0.05) is 65.8 Å². The van der Waals surface area contributed by atoms with Crippen LogP contribution in [0.5, 0.6) is 0 Å². The summed E-state index contributed by atoms with van der Waals surface area (Å²) in [5.74, 6) is 1.32. The van der Waals surface area contributed by atoms with E-state index in [0.717, 1.165) is 16.3 Å². The average Bonchev–Trinajstić information content (AvgIpc) is 3.17. The van der Waals surface area contributed by atoms with Gasteiger partial charge in [0.05, 0.1) is 5.92 Å². The smallest absolute Gasteiger partial charge is 0.253 e. The van der Waals surface area contributed by atoms with Crippen molar-refractivity contribution in [1.82, 2.24) is 15.0 Å². The first-order valence-corrected chi connectivity index (χ1v) is 8.95. The third-order valence-corrected chi connectivity index (χ3v) is 4.99. The lowest BCUT2D eigenvalue weighted by Gasteiger charge is -2.37. The highest BCUT2D eigenvalue weighted by atomic mass is 16.5. The van der Waals surface area contributed by atoms with E-state index >= 15 is 0 Å². The molecule has 0 N–H and O–H groups in total. The minimum atomic E-state index is 0.0415. The zero-order chi connectivity index (χ0) is 18.2. The Morgan fingerprint density at radius 1 is 0.926 bits per heavy atom. The van der Waals surface area contributed by atoms with Crippen molar-refractivity contribution in [2.75, 3.05) is 13.1 Å². The second-order valence-electron chi connectivity index (χ2n) is 6.79. The summed E-state index contributed by atoms with van der Waals surface area (Å²) in [5.41, 5.74) is 1.64. The molecule has 1 aliphatic rings. The second-order valence-corrected chi connectivity index (χ2v) is 6.79. The Labute approximate surface area is 156 Å². The number of fused-ring (bicyclic) bond motifs is 1. The zero-order valence-corrected chi connectivity index (χ0v) is 14.6. The Bertz CT molecular complexity index is 1110. The molecule has 132 valence electrons. The van der Waals surface area contributed by atoms with E-state index in [-0.39, 0.29) is 11.8 Å². The molecular weight excluding hydrogens is 338 g/mol. The number of rotatable bonds is 3. The molecule has 27 heavy (non-hydrogen) atoms. The Hall–Kier alpha value is -3.47. The molecule has 0 radical (unpaired) electrons. The Morgan fingerprint density at radius 3 is 2.48 bits per heavy atom. The first-order chi connectivity index (χ1) is 13.3. The fourth-order valence-electron chi connectivity index (χ4n) is 3.41. The molecule has 0 saturated carbocycles. The van der Waals surface area contributed by atoms with Crippen LogP contribution >= 0.6 is 0 Å². The minimum absolute atomic E-state index is 0.0415. The summed E-state index contributed by atoms with van der Waals surface area (Å²) in [6.45, 7) is 1.20. The van der Waals surface area contributed by atoms with Crippen molar-refractivity contribution in [3.8, 4) is 11.4 Å². The van der Waals surface area contributed by atoms with Crippen LogP contribution < -0.4 is 0 Å². The van der Waals surface area contributed by atoms with Gasteiger partial charge < -0.3 is 9.42 Å². The third kappa shape index (κ3) is 2.87. The highest BCUT2D eigenvalue weighted by Gasteiger charge is 2.36. The number of amides is 1. The maximum atomic E-state index is 12.7. The molecule has 0 spiro atoms. The summed E-state index contributed by atoms with van der Waals surface area (Å²) in [7, 11) is 0. The molecule has 3 aromatic carbocycles. The van der Waals surface area contributed by atoms with Gasteiger partial charge in [-0.05, 0) is 22.9 Å². The van der Waals surface area contributed by atoms with Crippen LogP contribution in [-0.4, -0.2) is 34.0 Å². The molecular formula is C22H17N3O2. The van der Waals surface area contributed by atoms with Crippen LogP contribution in [0.3, 0.4) is 0 Å². The summed E-state index contributed by atoms with van der Waals surface area (Å²) in [4.78, 5) is 19.0. The minimum Gasteiger partial charge on any atom is -0.339 e. The van der Waals surface area contributed by atoms with Crippen LogP contribution in [0, 0.1) is 0 Å². The first-order valence-electron chi connectivity index (χ1n) is 8.95. The maximum Gasteiger partial charge on any atom is 0.253 e. The molecule has 0 atom stereocenters. The quantitative estimate of drug-likeness (QED) is 0.554. The van der Waals surface area contributed by atoms with E-state index in [1.54, 1.807) is 0 Å². The molecule has 4 aromatic rings. The van der Waals surface area contributed by atoms with Gasteiger partial charge in [-0.2, -0.15) is 4.98 Å². The van der Waals surface area contributed by atoms with Crippen molar-refractivity contribution in [3.05, 3.63) is 84.3 Å². The van der Waals surface area contributed by atoms with Gasteiger partial charge in [0.25, 0.3) is 5.91 Å². The van der Waals surface area contributed by atoms with Gasteiger partial charge in [0, 0.05) is 24.2 Å². The number of benzene rings is 3. The summed E-state index contributed by atoms with van der Waals surface area (Å²) in [6.07, 6.45) is 0. The number of likely N-dealkylation sites (tertiary alicyclic amines) is 1. The van der Waals surface area contributed by atoms with E-state index in [2.05, 4.69) is 10.1 Å². The molecule has 1 amide bonds. The van der Waals surface area contributed by atoms with Crippen molar-refractivity contribution in [3.63, 3.8) is 0 Å². The highest BCUT2D eigenvalue weighted by Crippen LogP contribution is 2.29. The van der Waals surface area contributed by atoms with E-state index in [1.165, 1.54) is 0 Å². The highest BCUT2D eigenvalue weighted by molar-refractivity contribution is 5.99. The monoisotopic (exact) mass is 355 g/mol. The Morgan fingerprint density at radius 2 is 1.67 bits per heavy atom. The Balaban J connectivity index is 1.29. The maximum absolute atomic E-state index is 12.7. The molecule has 0 bridgehead atoms. The van der Waals surface area contributed by atoms with Gasteiger partial charge in [-0.25, -0.2) is 0 Å². The molecule has 5 rings (SSSR count). The van der Waals surface area contributed by atoms with Crippen molar-refractivity contribution in [1.29, 1.82) is 0 Å². The number of carbonyl (C=O) groups is 1. The lowest BCUT2D eigenvalue weighted by Crippen LogP contribution is -2.48. The van der Waals surface area contributed by atoms with Gasteiger partial charge in [-0.3, -0.25) is 4.79 Å². The topological polar surface area (TPSA) is 59.2 Å². The molecule has 0 aliphatic carbocycles. The fourth-order valence-corrected chi connectivity index (χ4v) is 3.41. The van der Waals surface area contributed by atoms with Gasteiger partial charge in [-0.15, -0.1) is 0 Å². The number of nitrogens with zero attached hydrogens (tertiary/aromatic N) is 3. The lowest BCUT2D eigenvalue weighted by atomic mass is 9.98. The van der Waals surface area contributed by atoms with E-state index in [1.807, 2.05) is 77.7 Å². The summed E-state index contributed by atoms with van der Waals surface area (Å²) in [5, 5.41) is 6.27. The van der Waals surface area contributed by atoms with E-state index in [9.17, 15) is 4.79 Å². The number of aromatic nitrogens is 2. The fraction of sp³-hybridized carbons (Fsp3) is 0.136. The molecule has 5 heteroatoms. The Kier molecular flexibility index (Phi) is 3.71. The van der Waals surface area contributed by atoms with Crippen molar-refractivity contribution in [2.45, 2.75) is 5.92 Å². The standard InChI is InChI=1S/C22H17N3O2/c26-22(18-11-10-15-6-4-5-9-17(15)12-18)25-13-19(14-25)21-23-20(24-27-21)16-7-2-1-3-8-16/h1-12,19H,13-14H2. The first kappa shape index (κ1) is 15.8. The average molecular weight is 355 g/mol. The second kappa shape index (κ2) is 6.36. The molecule has 1 saturated heterocycles. The van der Waals surface area contributed by atoms with Crippen LogP contribution in [-0.2, 0) is 0 Å². The van der Waals surface area contributed by atoms with Crippen LogP contribution in [0.1, 0.15) is 22.2 Å². The van der Waals surface area contributed by atoms with E-state index in [4.69, 9.17) is 4.52 Å². The SMILES string of the molecule is O=C(c1ccc2ccccc2c1)N1CC(c2nc(-c3ccccc3)no2)C1. The normalized spacial score (nSPS) is 14.3. The lowest BCUT2D eigenvalue weighted by molar-refractivity contribution is 0.0569. The summed E-state index contributed by atoms with van der Waals surface area (Å²) >= 11 is 0. The molecule has 2 heterocycles. The molecule has 0 unspecified atom stereocenters. The van der Waals surface area contributed by atoms with E-state index < -0.39 is 0 Å². The van der Waals surface area contributed by atoms with Gasteiger partial charge in [0.15, 0.2) is 0 Å². The van der Waals surface area contributed by atoms with Gasteiger partial charge >= 0.3 is 0 Å². The summed E-state index contributed by atoms with van der Waals surface area (Å²) in [6, 6.07) is 23.6. The van der Waals surface area contributed by atoms with Crippen LogP contribution in [0.2, 0.25) is 0 Å². The predicted molar refractivity (Wildman–Crippen MR) is 102 cm³/mol. The molecule has 1 aromatic heterocycles. The molecule has 1 fully saturated rings. The summed E-state index contributed by atoms with van der Waals surface area (Å²) < 4.78 is 5.42. The van der Waals surface area contributed by atoms with E-state index in [0.29, 0.717) is 30.4 Å². The molecule has 5 nitrogen and oxygen atoms in total. The van der Waals surface area contributed by atoms with Crippen molar-refractivity contribution < 1.29 is 9.32 Å². The van der Waals surface area contributed by atoms with Gasteiger partial charge in [0.1, 0.15) is 0 Å². The van der Waals surface area contributed by atoms with Crippen LogP contribution in [0.15, 0.2) is 77.3 Å². The van der Waals surface area contributed by atoms with Crippen molar-refractivity contribution >= 4 is 16.7 Å². The zero-order valence-electron chi connectivity index (χ0n) is 14.6. The number of hydrogen-bond acceptors (Lipinski definition) is 4. The number of carbonyl (C=O) groups excluding carboxylic acids is 1. The third-order valence-electron chi connectivity index (χ3n) is 4.99. The predicted octanol–water partition coefficient (Wildman–Crippen LogP) is 4.13. The largest absolute Gasteiger partial charge is 0.339 e.